The molecule has 0 amide bonds. The first kappa shape index (κ1) is 13.4. The Labute approximate surface area is 107 Å². The predicted molar refractivity (Wildman–Crippen MR) is 72.2 cm³/mol. The van der Waals surface area contributed by atoms with Gasteiger partial charge in [-0.1, -0.05) is 13.8 Å². The lowest BCUT2D eigenvalue weighted by Crippen LogP contribution is -2.27. The zero-order chi connectivity index (χ0) is 12.1. The molecule has 1 aliphatic carbocycles. The second-order valence-corrected chi connectivity index (χ2v) is 6.35. The SMILES string of the molecule is CC1CC(C)CC(OCCCC2CCCN2)C1. The van der Waals surface area contributed by atoms with Gasteiger partial charge in [0, 0.05) is 12.6 Å². The molecule has 17 heavy (non-hydrogen) atoms. The Hall–Kier alpha value is -0.0800. The Morgan fingerprint density at radius 2 is 1.88 bits per heavy atom. The van der Waals surface area contributed by atoms with E-state index in [4.69, 9.17) is 4.74 Å². The quantitative estimate of drug-likeness (QED) is 0.743. The Bertz CT molecular complexity index is 203. The summed E-state index contributed by atoms with van der Waals surface area (Å²) >= 11 is 0. The van der Waals surface area contributed by atoms with E-state index in [1.165, 1.54) is 51.5 Å². The number of ether oxygens (including phenoxy) is 1. The fraction of sp³-hybridized carbons (Fsp3) is 1.00. The van der Waals surface area contributed by atoms with Gasteiger partial charge in [-0.05, 0) is 63.3 Å². The van der Waals surface area contributed by atoms with Crippen LogP contribution in [0, 0.1) is 11.8 Å². The minimum Gasteiger partial charge on any atom is -0.378 e. The first-order valence-corrected chi connectivity index (χ1v) is 7.59. The number of hydrogen-bond donors (Lipinski definition) is 1. The van der Waals surface area contributed by atoms with Crippen LogP contribution in [0.4, 0.5) is 0 Å². The minimum atomic E-state index is 0.547. The van der Waals surface area contributed by atoms with E-state index in [1.54, 1.807) is 0 Å². The second-order valence-electron chi connectivity index (χ2n) is 6.35. The molecule has 0 aromatic rings. The number of rotatable bonds is 5. The van der Waals surface area contributed by atoms with E-state index < -0.39 is 0 Å². The summed E-state index contributed by atoms with van der Waals surface area (Å²) in [5.41, 5.74) is 0. The third-order valence-electron chi connectivity index (χ3n) is 4.35. The lowest BCUT2D eigenvalue weighted by atomic mass is 9.82. The summed E-state index contributed by atoms with van der Waals surface area (Å²) in [6.07, 6.45) is 9.78. The van der Waals surface area contributed by atoms with E-state index >= 15 is 0 Å². The van der Waals surface area contributed by atoms with Gasteiger partial charge >= 0.3 is 0 Å². The summed E-state index contributed by atoms with van der Waals surface area (Å²) in [5, 5.41) is 3.55. The Morgan fingerprint density at radius 1 is 1.12 bits per heavy atom. The van der Waals surface area contributed by atoms with Crippen LogP contribution in [0.3, 0.4) is 0 Å². The van der Waals surface area contributed by atoms with Crippen LogP contribution in [0.15, 0.2) is 0 Å². The molecule has 1 saturated carbocycles. The van der Waals surface area contributed by atoms with Gasteiger partial charge in [0.15, 0.2) is 0 Å². The van der Waals surface area contributed by atoms with Crippen LogP contribution in [0.1, 0.15) is 58.8 Å². The smallest absolute Gasteiger partial charge is 0.0580 e. The first-order chi connectivity index (χ1) is 8.24. The van der Waals surface area contributed by atoms with Crippen LogP contribution >= 0.6 is 0 Å². The van der Waals surface area contributed by atoms with Crippen LogP contribution in [-0.4, -0.2) is 25.3 Å². The van der Waals surface area contributed by atoms with Gasteiger partial charge in [-0.15, -0.1) is 0 Å². The summed E-state index contributed by atoms with van der Waals surface area (Å²) in [6, 6.07) is 0.780. The fourth-order valence-electron chi connectivity index (χ4n) is 3.59. The van der Waals surface area contributed by atoms with E-state index in [2.05, 4.69) is 19.2 Å². The average molecular weight is 239 g/mol. The van der Waals surface area contributed by atoms with Gasteiger partial charge < -0.3 is 10.1 Å². The van der Waals surface area contributed by atoms with Gasteiger partial charge in [0.25, 0.3) is 0 Å². The lowest BCUT2D eigenvalue weighted by molar-refractivity contribution is -0.00104. The summed E-state index contributed by atoms with van der Waals surface area (Å²) < 4.78 is 6.06. The van der Waals surface area contributed by atoms with Crippen LogP contribution in [0.2, 0.25) is 0 Å². The molecule has 0 spiro atoms. The van der Waals surface area contributed by atoms with Gasteiger partial charge in [-0.3, -0.25) is 0 Å². The largest absolute Gasteiger partial charge is 0.378 e. The molecule has 1 aliphatic heterocycles. The number of nitrogens with one attached hydrogen (secondary N) is 1. The maximum absolute atomic E-state index is 6.06. The molecule has 100 valence electrons. The highest BCUT2D eigenvalue weighted by Crippen LogP contribution is 2.30. The Kier molecular flexibility index (Phi) is 5.30. The van der Waals surface area contributed by atoms with E-state index in [0.717, 1.165) is 24.5 Å². The highest BCUT2D eigenvalue weighted by atomic mass is 16.5. The van der Waals surface area contributed by atoms with Gasteiger partial charge in [-0.25, -0.2) is 0 Å². The van der Waals surface area contributed by atoms with E-state index in [9.17, 15) is 0 Å². The third kappa shape index (κ3) is 4.59. The van der Waals surface area contributed by atoms with E-state index in [1.807, 2.05) is 0 Å². The fourth-order valence-corrected chi connectivity index (χ4v) is 3.59. The first-order valence-electron chi connectivity index (χ1n) is 7.59. The minimum absolute atomic E-state index is 0.547. The molecule has 0 aromatic heterocycles. The maximum Gasteiger partial charge on any atom is 0.0580 e. The van der Waals surface area contributed by atoms with Crippen LogP contribution in [0.25, 0.3) is 0 Å². The van der Waals surface area contributed by atoms with Gasteiger partial charge in [0.05, 0.1) is 6.10 Å². The molecule has 2 aliphatic rings. The Morgan fingerprint density at radius 3 is 2.53 bits per heavy atom. The van der Waals surface area contributed by atoms with Crippen molar-refractivity contribution < 1.29 is 4.74 Å². The molecule has 2 nitrogen and oxygen atoms in total. The summed E-state index contributed by atoms with van der Waals surface area (Å²) in [6.45, 7) is 6.94. The molecule has 3 unspecified atom stereocenters. The van der Waals surface area contributed by atoms with Crippen molar-refractivity contribution in [3.8, 4) is 0 Å². The topological polar surface area (TPSA) is 21.3 Å². The number of hydrogen-bond acceptors (Lipinski definition) is 2. The van der Waals surface area contributed by atoms with E-state index in [0.29, 0.717) is 6.10 Å². The summed E-state index contributed by atoms with van der Waals surface area (Å²) in [4.78, 5) is 0. The predicted octanol–water partition coefficient (Wildman–Crippen LogP) is 3.36. The van der Waals surface area contributed by atoms with Gasteiger partial charge in [-0.2, -0.15) is 0 Å². The molecule has 2 heteroatoms. The standard InChI is InChI=1S/C15H29NO/c1-12-9-13(2)11-15(10-12)17-8-4-6-14-5-3-7-16-14/h12-16H,3-11H2,1-2H3. The lowest BCUT2D eigenvalue weighted by Gasteiger charge is -2.31. The zero-order valence-electron chi connectivity index (χ0n) is 11.6. The van der Waals surface area contributed by atoms with Crippen molar-refractivity contribution in [1.82, 2.24) is 5.32 Å². The molecule has 0 bridgehead atoms. The van der Waals surface area contributed by atoms with Crippen LogP contribution in [-0.2, 0) is 4.74 Å². The molecule has 3 atom stereocenters. The molecule has 0 aromatic carbocycles. The molecular formula is C15H29NO. The summed E-state index contributed by atoms with van der Waals surface area (Å²) in [5.74, 6) is 1.72. The van der Waals surface area contributed by atoms with Crippen molar-refractivity contribution in [2.75, 3.05) is 13.2 Å². The average Bonchev–Trinajstić information content (AvgIpc) is 2.76. The summed E-state index contributed by atoms with van der Waals surface area (Å²) in [7, 11) is 0. The molecule has 2 fully saturated rings. The molecule has 2 rings (SSSR count). The van der Waals surface area contributed by atoms with Crippen molar-refractivity contribution in [1.29, 1.82) is 0 Å². The maximum atomic E-state index is 6.06. The molecule has 0 radical (unpaired) electrons. The van der Waals surface area contributed by atoms with Crippen LogP contribution < -0.4 is 5.32 Å². The molecule has 1 heterocycles. The molecule has 1 saturated heterocycles. The molecule has 1 N–H and O–H groups in total. The monoisotopic (exact) mass is 239 g/mol. The zero-order valence-corrected chi connectivity index (χ0v) is 11.6. The van der Waals surface area contributed by atoms with Gasteiger partial charge in [0.1, 0.15) is 0 Å². The van der Waals surface area contributed by atoms with Gasteiger partial charge in [0.2, 0.25) is 0 Å². The van der Waals surface area contributed by atoms with Crippen molar-refractivity contribution in [3.05, 3.63) is 0 Å². The molecular weight excluding hydrogens is 210 g/mol. The normalized spacial score (nSPS) is 38.5. The van der Waals surface area contributed by atoms with Crippen molar-refractivity contribution in [2.45, 2.75) is 70.9 Å². The van der Waals surface area contributed by atoms with Crippen molar-refractivity contribution in [3.63, 3.8) is 0 Å². The third-order valence-corrected chi connectivity index (χ3v) is 4.35. The Balaban J connectivity index is 1.54. The van der Waals surface area contributed by atoms with Crippen molar-refractivity contribution >= 4 is 0 Å². The van der Waals surface area contributed by atoms with Crippen LogP contribution in [0.5, 0.6) is 0 Å². The van der Waals surface area contributed by atoms with Crippen molar-refractivity contribution in [2.24, 2.45) is 11.8 Å². The van der Waals surface area contributed by atoms with E-state index in [-0.39, 0.29) is 0 Å². The highest BCUT2D eigenvalue weighted by molar-refractivity contribution is 4.76. The second kappa shape index (κ2) is 6.75. The highest BCUT2D eigenvalue weighted by Gasteiger charge is 2.24.